The second-order valence-corrected chi connectivity index (χ2v) is 12.2. The molecule has 1 N–H and O–H groups in total. The van der Waals surface area contributed by atoms with Gasteiger partial charge < -0.3 is 13.7 Å². The number of halogens is 1. The Morgan fingerprint density at radius 3 is 2.41 bits per heavy atom. The minimum Gasteiger partial charge on any atom is -0.455 e. The number of fused-ring (bicyclic) bond motifs is 1. The molecule has 12 heteroatoms. The molecule has 0 unspecified atom stereocenters. The minimum atomic E-state index is -3.57. The first kappa shape index (κ1) is 26.6. The van der Waals surface area contributed by atoms with E-state index in [0.717, 1.165) is 0 Å². The summed E-state index contributed by atoms with van der Waals surface area (Å²) >= 11 is 1.22. The normalized spacial score (nSPS) is 11.7. The van der Waals surface area contributed by atoms with Crippen LogP contribution in [-0.4, -0.2) is 28.9 Å². The van der Waals surface area contributed by atoms with Crippen molar-refractivity contribution in [1.82, 2.24) is 14.8 Å². The van der Waals surface area contributed by atoms with Crippen molar-refractivity contribution in [3.05, 3.63) is 81.2 Å². The Morgan fingerprint density at radius 1 is 1.05 bits per heavy atom. The zero-order valence-electron chi connectivity index (χ0n) is 21.8. The third-order valence-electron chi connectivity index (χ3n) is 6.10. The van der Waals surface area contributed by atoms with Gasteiger partial charge in [0.25, 0.3) is 5.89 Å². The molecule has 0 aliphatic rings. The third-order valence-corrected chi connectivity index (χ3v) is 8.52. The number of aryl methyl sites for hydroxylation is 4. The molecule has 0 fully saturated rings. The molecule has 9 nitrogen and oxygen atoms in total. The monoisotopic (exact) mass is 568 g/mol. The van der Waals surface area contributed by atoms with Crippen molar-refractivity contribution < 1.29 is 22.0 Å². The summed E-state index contributed by atoms with van der Waals surface area (Å²) in [5.74, 6) is 1.05. The second-order valence-electron chi connectivity index (χ2n) is 9.12. The first-order chi connectivity index (χ1) is 18.5. The lowest BCUT2D eigenvalue weighted by Gasteiger charge is -2.19. The fourth-order valence-electron chi connectivity index (χ4n) is 4.20. The van der Waals surface area contributed by atoms with Crippen molar-refractivity contribution in [2.24, 2.45) is 0 Å². The highest BCUT2D eigenvalue weighted by molar-refractivity contribution is 7.92. The summed E-state index contributed by atoms with van der Waals surface area (Å²) in [6.45, 7) is 8.41. The maximum atomic E-state index is 14.0. The Labute approximate surface area is 227 Å². The number of aromatic nitrogens is 3. The Balaban J connectivity index is 1.76. The van der Waals surface area contributed by atoms with Gasteiger partial charge in [-0.2, -0.15) is 0 Å². The summed E-state index contributed by atoms with van der Waals surface area (Å²) in [6, 6.07) is 9.39. The third kappa shape index (κ3) is 5.17. The Morgan fingerprint density at radius 2 is 1.77 bits per heavy atom. The topological polar surface area (TPSA) is 116 Å². The van der Waals surface area contributed by atoms with Gasteiger partial charge in [-0.25, -0.2) is 12.8 Å². The van der Waals surface area contributed by atoms with Gasteiger partial charge in [-0.3, -0.25) is 9.52 Å². The van der Waals surface area contributed by atoms with Crippen LogP contribution in [0.5, 0.6) is 11.5 Å². The Kier molecular flexibility index (Phi) is 6.77. The van der Waals surface area contributed by atoms with Crippen LogP contribution in [0.2, 0.25) is 0 Å². The van der Waals surface area contributed by atoms with Crippen molar-refractivity contribution in [1.29, 1.82) is 0 Å². The maximum absolute atomic E-state index is 14.0. The van der Waals surface area contributed by atoms with Crippen LogP contribution in [-0.2, 0) is 10.0 Å². The molecule has 0 bridgehead atoms. The first-order valence-corrected chi connectivity index (χ1v) is 14.5. The SMILES string of the molecule is CCS(=O)(=O)Nc1ccc(Oc2c(C)cc(F)cc2C)c(-n2cc(C)c(=O)c3sc(-c4nnc(C)o4)cc32)c1. The van der Waals surface area contributed by atoms with E-state index in [1.807, 2.05) is 0 Å². The van der Waals surface area contributed by atoms with Gasteiger partial charge in [0.15, 0.2) is 5.75 Å². The number of benzene rings is 2. The summed E-state index contributed by atoms with van der Waals surface area (Å²) in [5.41, 5.74) is 2.85. The van der Waals surface area contributed by atoms with Crippen molar-refractivity contribution in [2.45, 2.75) is 34.6 Å². The smallest absolute Gasteiger partial charge is 0.257 e. The number of thiophene rings is 1. The van der Waals surface area contributed by atoms with Crippen LogP contribution in [0, 0.1) is 33.5 Å². The van der Waals surface area contributed by atoms with Crippen molar-refractivity contribution in [2.75, 3.05) is 10.5 Å². The van der Waals surface area contributed by atoms with Crippen LogP contribution in [0.1, 0.15) is 29.5 Å². The van der Waals surface area contributed by atoms with Gasteiger partial charge in [0.2, 0.25) is 21.3 Å². The fourth-order valence-corrected chi connectivity index (χ4v) is 5.91. The standard InChI is InChI=1S/C27H25FN4O5S2/c1-6-39(34,35)31-19-7-8-22(37-25-14(2)9-18(28)10-15(25)3)20(11-19)32-13-16(4)24(33)26-21(32)12-23(38-26)27-30-29-17(5)36-27/h7-13,31H,6H2,1-5H3. The highest BCUT2D eigenvalue weighted by atomic mass is 32.2. The number of nitrogens with one attached hydrogen (secondary N) is 1. The van der Waals surface area contributed by atoms with Crippen molar-refractivity contribution in [3.63, 3.8) is 0 Å². The molecule has 39 heavy (non-hydrogen) atoms. The average Bonchev–Trinajstić information content (AvgIpc) is 3.51. The Bertz CT molecular complexity index is 1880. The minimum absolute atomic E-state index is 0.104. The lowest BCUT2D eigenvalue weighted by molar-refractivity contribution is 0.470. The van der Waals surface area contributed by atoms with E-state index in [0.29, 0.717) is 60.5 Å². The van der Waals surface area contributed by atoms with Gasteiger partial charge in [-0.1, -0.05) is 0 Å². The Hall–Kier alpha value is -4.03. The molecule has 0 saturated carbocycles. The second kappa shape index (κ2) is 9.93. The number of hydrogen-bond acceptors (Lipinski definition) is 8. The molecule has 5 aromatic rings. The van der Waals surface area contributed by atoms with Crippen LogP contribution in [0.25, 0.3) is 26.7 Å². The van der Waals surface area contributed by atoms with E-state index in [1.165, 1.54) is 23.5 Å². The van der Waals surface area contributed by atoms with Gasteiger partial charge in [0.05, 0.1) is 32.2 Å². The molecule has 0 radical (unpaired) electrons. The van der Waals surface area contributed by atoms with Crippen LogP contribution in [0.15, 0.2) is 51.8 Å². The lowest BCUT2D eigenvalue weighted by atomic mass is 10.1. The molecule has 0 aliphatic carbocycles. The van der Waals surface area contributed by atoms with E-state index >= 15 is 0 Å². The van der Waals surface area contributed by atoms with Crippen LogP contribution >= 0.6 is 11.3 Å². The summed E-state index contributed by atoms with van der Waals surface area (Å²) in [6.07, 6.45) is 1.67. The largest absolute Gasteiger partial charge is 0.455 e. The van der Waals surface area contributed by atoms with Gasteiger partial charge in [-0.05, 0) is 75.2 Å². The number of anilines is 1. The molecule has 0 spiro atoms. The summed E-state index contributed by atoms with van der Waals surface area (Å²) in [7, 11) is -3.57. The molecule has 0 amide bonds. The average molecular weight is 569 g/mol. The molecular formula is C27H25FN4O5S2. The number of pyridine rings is 1. The van der Waals surface area contributed by atoms with Crippen LogP contribution < -0.4 is 14.9 Å². The fraction of sp³-hybridized carbons (Fsp3) is 0.222. The van der Waals surface area contributed by atoms with Gasteiger partial charge in [0.1, 0.15) is 11.6 Å². The molecule has 3 aromatic heterocycles. The molecule has 0 saturated heterocycles. The lowest BCUT2D eigenvalue weighted by Crippen LogP contribution is -2.15. The van der Waals surface area contributed by atoms with E-state index in [9.17, 15) is 17.6 Å². The van der Waals surface area contributed by atoms with E-state index in [1.54, 1.807) is 69.6 Å². The summed E-state index contributed by atoms with van der Waals surface area (Å²) in [4.78, 5) is 13.7. The zero-order chi connectivity index (χ0) is 28.1. The van der Waals surface area contributed by atoms with Gasteiger partial charge in [0, 0.05) is 18.7 Å². The number of hydrogen-bond donors (Lipinski definition) is 1. The van der Waals surface area contributed by atoms with E-state index in [4.69, 9.17) is 9.15 Å². The quantitative estimate of drug-likeness (QED) is 0.255. The number of rotatable bonds is 7. The predicted octanol–water partition coefficient (Wildman–Crippen LogP) is 6.03. The molecule has 0 atom stereocenters. The predicted molar refractivity (Wildman–Crippen MR) is 149 cm³/mol. The van der Waals surface area contributed by atoms with E-state index in [2.05, 4.69) is 14.9 Å². The highest BCUT2D eigenvalue weighted by Crippen LogP contribution is 2.38. The van der Waals surface area contributed by atoms with Crippen molar-refractivity contribution >= 4 is 37.3 Å². The van der Waals surface area contributed by atoms with Crippen LogP contribution in [0.3, 0.4) is 0 Å². The van der Waals surface area contributed by atoms with E-state index < -0.39 is 10.0 Å². The maximum Gasteiger partial charge on any atom is 0.257 e. The molecule has 3 heterocycles. The molecular weight excluding hydrogens is 543 g/mol. The number of nitrogens with zero attached hydrogens (tertiary/aromatic N) is 3. The van der Waals surface area contributed by atoms with Crippen LogP contribution in [0.4, 0.5) is 10.1 Å². The molecule has 0 aliphatic heterocycles. The molecule has 2 aromatic carbocycles. The number of ether oxygens (including phenoxy) is 1. The molecule has 5 rings (SSSR count). The highest BCUT2D eigenvalue weighted by Gasteiger charge is 2.20. The van der Waals surface area contributed by atoms with E-state index in [-0.39, 0.29) is 22.9 Å². The summed E-state index contributed by atoms with van der Waals surface area (Å²) in [5, 5.41) is 7.96. The number of sulfonamides is 1. The van der Waals surface area contributed by atoms with Gasteiger partial charge >= 0.3 is 0 Å². The molecule has 202 valence electrons. The van der Waals surface area contributed by atoms with Gasteiger partial charge in [-0.15, -0.1) is 21.5 Å². The first-order valence-electron chi connectivity index (χ1n) is 12.0. The van der Waals surface area contributed by atoms with Crippen molar-refractivity contribution in [3.8, 4) is 28.0 Å². The zero-order valence-corrected chi connectivity index (χ0v) is 23.5. The summed E-state index contributed by atoms with van der Waals surface area (Å²) < 4.78 is 55.3.